The van der Waals surface area contributed by atoms with Crippen LogP contribution in [0.3, 0.4) is 0 Å². The molecule has 4 atom stereocenters. The minimum absolute atomic E-state index is 0.0315. The van der Waals surface area contributed by atoms with Gasteiger partial charge in [-0.3, -0.25) is 23.2 Å². The van der Waals surface area contributed by atoms with Crippen molar-refractivity contribution in [2.24, 2.45) is 0 Å². The summed E-state index contributed by atoms with van der Waals surface area (Å²) in [6.07, 6.45) is 39.5. The minimum Gasteiger partial charge on any atom is -0.462 e. The molecule has 0 aromatic heterocycles. The van der Waals surface area contributed by atoms with E-state index < -0.39 is 72.3 Å². The van der Waals surface area contributed by atoms with Gasteiger partial charge in [-0.15, -0.1) is 0 Å². The van der Waals surface area contributed by atoms with Gasteiger partial charge in [-0.1, -0.05) is 138 Å². The lowest BCUT2D eigenvalue weighted by Crippen LogP contribution is -2.29. The Labute approximate surface area is 359 Å². The number of rotatable bonds is 40. The SMILES string of the molecule is CC/C=C\C(O)C/C=C/C=C\C/C=C\C/C=C\CCCC(=O)O[C@H](COC(=O)CCCCCCCCC/C=C\CCCCCC)COP(=O)(O)OC[C@@H](O)COP(=O)(O)O. The van der Waals surface area contributed by atoms with E-state index in [4.69, 9.17) is 23.8 Å². The van der Waals surface area contributed by atoms with Gasteiger partial charge in [0.05, 0.1) is 25.9 Å². The van der Waals surface area contributed by atoms with Crippen LogP contribution in [-0.4, -0.2) is 81.6 Å². The number of aliphatic hydroxyl groups is 2. The van der Waals surface area contributed by atoms with Gasteiger partial charge in [-0.25, -0.2) is 9.13 Å². The highest BCUT2D eigenvalue weighted by atomic mass is 31.2. The maximum absolute atomic E-state index is 12.6. The maximum Gasteiger partial charge on any atom is 0.472 e. The van der Waals surface area contributed by atoms with Crippen LogP contribution in [-0.2, 0) is 41.8 Å². The minimum atomic E-state index is -4.88. The molecule has 0 amide bonds. The molecule has 0 heterocycles. The van der Waals surface area contributed by atoms with Crippen molar-refractivity contribution in [2.75, 3.05) is 26.4 Å². The zero-order valence-corrected chi connectivity index (χ0v) is 37.9. The summed E-state index contributed by atoms with van der Waals surface area (Å²) in [7, 11) is -9.71. The normalized spacial score (nSPS) is 15.2. The molecular formula is C44H76O14P2. The third-order valence-electron chi connectivity index (χ3n) is 8.64. The molecule has 0 aliphatic heterocycles. The molecule has 14 nitrogen and oxygen atoms in total. The second-order valence-electron chi connectivity index (χ2n) is 14.4. The van der Waals surface area contributed by atoms with Crippen molar-refractivity contribution < 1.29 is 66.7 Å². The number of phosphoric ester groups is 2. The predicted molar refractivity (Wildman–Crippen MR) is 236 cm³/mol. The maximum atomic E-state index is 12.6. The first-order valence-corrected chi connectivity index (χ1v) is 24.8. The topological polar surface area (TPSA) is 216 Å². The van der Waals surface area contributed by atoms with Crippen LogP contribution in [0.4, 0.5) is 0 Å². The van der Waals surface area contributed by atoms with Crippen LogP contribution in [0.1, 0.15) is 149 Å². The lowest BCUT2D eigenvalue weighted by molar-refractivity contribution is -0.161. The summed E-state index contributed by atoms with van der Waals surface area (Å²) < 4.78 is 47.7. The monoisotopic (exact) mass is 890 g/mol. The number of esters is 2. The Balaban J connectivity index is 4.67. The highest BCUT2D eigenvalue weighted by molar-refractivity contribution is 7.47. The van der Waals surface area contributed by atoms with Crippen molar-refractivity contribution in [2.45, 2.75) is 167 Å². The quantitative estimate of drug-likeness (QED) is 0.0127. The van der Waals surface area contributed by atoms with E-state index in [0.29, 0.717) is 25.7 Å². The molecule has 0 aliphatic carbocycles. The van der Waals surface area contributed by atoms with Crippen molar-refractivity contribution in [3.63, 3.8) is 0 Å². The molecule has 0 radical (unpaired) electrons. The van der Waals surface area contributed by atoms with Crippen molar-refractivity contribution in [3.8, 4) is 0 Å². The zero-order valence-electron chi connectivity index (χ0n) is 36.1. The number of hydrogen-bond acceptors (Lipinski definition) is 11. The number of allylic oxidation sites excluding steroid dienone is 10. The van der Waals surface area contributed by atoms with Gasteiger partial charge in [0.1, 0.15) is 12.7 Å². The standard InChI is InChI=1S/C44H76O14P2/c1-3-5-7-8-9-10-11-12-13-14-18-21-24-27-30-34-43(47)54-38-42(39-57-60(52,53)56-37-41(46)36-55-59(49,50)51)58-44(48)35-31-28-25-22-19-16-15-17-20-23-26-29-33-40(45)32-6-4-2/h6,10-11,15-16,20,22-23,25-26,29,32,40-42,45-46H,3-5,7-9,12-14,17-19,21,24,27-28,30-31,33-39H2,1-2H3,(H,52,53)(H2,49,50,51)/b11-10-,16-15-,23-20-,25-22-,29-26+,32-6-/t40?,41-,42+/m0/s1. The lowest BCUT2D eigenvalue weighted by atomic mass is 10.1. The van der Waals surface area contributed by atoms with Crippen LogP contribution >= 0.6 is 15.6 Å². The number of hydrogen-bond donors (Lipinski definition) is 5. The van der Waals surface area contributed by atoms with E-state index >= 15 is 0 Å². The third kappa shape index (κ3) is 42.2. The summed E-state index contributed by atoms with van der Waals surface area (Å²) in [5.74, 6) is -1.13. The molecule has 0 aliphatic rings. The molecule has 0 spiro atoms. The van der Waals surface area contributed by atoms with Crippen LogP contribution in [0.15, 0.2) is 72.9 Å². The van der Waals surface area contributed by atoms with E-state index in [9.17, 15) is 33.8 Å². The Morgan fingerprint density at radius 1 is 0.567 bits per heavy atom. The second kappa shape index (κ2) is 39.4. The second-order valence-corrected chi connectivity index (χ2v) is 17.1. The fraction of sp³-hybridized carbons (Fsp3) is 0.682. The molecule has 60 heavy (non-hydrogen) atoms. The fourth-order valence-corrected chi connectivity index (χ4v) is 6.49. The van der Waals surface area contributed by atoms with Crippen LogP contribution < -0.4 is 0 Å². The van der Waals surface area contributed by atoms with Crippen molar-refractivity contribution in [1.82, 2.24) is 0 Å². The molecule has 0 aromatic rings. The first-order valence-electron chi connectivity index (χ1n) is 21.7. The van der Waals surface area contributed by atoms with E-state index in [1.807, 2.05) is 61.6 Å². The summed E-state index contributed by atoms with van der Waals surface area (Å²) in [5.41, 5.74) is 0. The third-order valence-corrected chi connectivity index (χ3v) is 10.1. The van der Waals surface area contributed by atoms with E-state index in [2.05, 4.69) is 28.1 Å². The van der Waals surface area contributed by atoms with E-state index in [1.54, 1.807) is 6.08 Å². The zero-order chi connectivity index (χ0) is 44.6. The van der Waals surface area contributed by atoms with Gasteiger partial charge in [0.2, 0.25) is 0 Å². The molecule has 2 unspecified atom stereocenters. The number of aliphatic hydroxyl groups excluding tert-OH is 2. The summed E-state index contributed by atoms with van der Waals surface area (Å²) in [5, 5.41) is 19.5. The molecule has 0 bridgehead atoms. The number of carbonyl (C=O) groups is 2. The van der Waals surface area contributed by atoms with Gasteiger partial charge in [0.25, 0.3) is 0 Å². The van der Waals surface area contributed by atoms with Gasteiger partial charge in [-0.2, -0.15) is 0 Å². The molecule has 0 aromatic carbocycles. The first-order chi connectivity index (χ1) is 28.8. The lowest BCUT2D eigenvalue weighted by Gasteiger charge is -2.20. The van der Waals surface area contributed by atoms with E-state index in [0.717, 1.165) is 51.4 Å². The Bertz CT molecular complexity index is 1350. The van der Waals surface area contributed by atoms with Crippen LogP contribution in [0, 0.1) is 0 Å². The number of carbonyl (C=O) groups excluding carboxylic acids is 2. The van der Waals surface area contributed by atoms with Crippen LogP contribution in [0.5, 0.6) is 0 Å². The Kier molecular flexibility index (Phi) is 37.7. The van der Waals surface area contributed by atoms with Gasteiger partial charge in [0, 0.05) is 12.8 Å². The van der Waals surface area contributed by atoms with Gasteiger partial charge in [0.15, 0.2) is 6.10 Å². The smallest absolute Gasteiger partial charge is 0.462 e. The average Bonchev–Trinajstić information content (AvgIpc) is 3.20. The number of phosphoric acid groups is 2. The van der Waals surface area contributed by atoms with Crippen molar-refractivity contribution >= 4 is 27.6 Å². The summed E-state index contributed by atoms with van der Waals surface area (Å²) in [6.45, 7) is 1.42. The predicted octanol–water partition coefficient (Wildman–Crippen LogP) is 9.98. The Morgan fingerprint density at radius 3 is 1.77 bits per heavy atom. The van der Waals surface area contributed by atoms with E-state index in [1.165, 1.54) is 44.9 Å². The van der Waals surface area contributed by atoms with E-state index in [-0.39, 0.29) is 12.8 Å². The Morgan fingerprint density at radius 2 is 1.10 bits per heavy atom. The van der Waals surface area contributed by atoms with Gasteiger partial charge < -0.3 is 34.4 Å². The van der Waals surface area contributed by atoms with Crippen molar-refractivity contribution in [3.05, 3.63) is 72.9 Å². The van der Waals surface area contributed by atoms with Crippen LogP contribution in [0.2, 0.25) is 0 Å². The van der Waals surface area contributed by atoms with Gasteiger partial charge >= 0.3 is 27.6 Å². The molecular weight excluding hydrogens is 814 g/mol. The number of ether oxygens (including phenoxy) is 2. The Hall–Kier alpha value is -2.48. The number of unbranched alkanes of at least 4 members (excludes halogenated alkanes) is 12. The molecule has 0 rings (SSSR count). The molecule has 16 heteroatoms. The molecule has 0 saturated heterocycles. The summed E-state index contributed by atoms with van der Waals surface area (Å²) in [4.78, 5) is 52.7. The molecule has 0 fully saturated rings. The van der Waals surface area contributed by atoms with Crippen molar-refractivity contribution in [1.29, 1.82) is 0 Å². The average molecular weight is 891 g/mol. The molecule has 5 N–H and O–H groups in total. The summed E-state index contributed by atoms with van der Waals surface area (Å²) in [6, 6.07) is 0. The highest BCUT2D eigenvalue weighted by Gasteiger charge is 2.28. The largest absolute Gasteiger partial charge is 0.472 e. The first kappa shape index (κ1) is 57.5. The summed E-state index contributed by atoms with van der Waals surface area (Å²) >= 11 is 0. The molecule has 346 valence electrons. The van der Waals surface area contributed by atoms with Gasteiger partial charge in [-0.05, 0) is 70.6 Å². The van der Waals surface area contributed by atoms with Crippen LogP contribution in [0.25, 0.3) is 0 Å². The molecule has 0 saturated carbocycles. The fourth-order valence-electron chi connectivity index (χ4n) is 5.34. The highest BCUT2D eigenvalue weighted by Crippen LogP contribution is 2.43.